The van der Waals surface area contributed by atoms with Crippen LogP contribution >= 0.6 is 0 Å². The minimum Gasteiger partial charge on any atom is -0.481 e. The Hall–Kier alpha value is -0.700. The minimum atomic E-state index is -3.59. The van der Waals surface area contributed by atoms with Crippen molar-refractivity contribution < 1.29 is 23.1 Å². The van der Waals surface area contributed by atoms with Gasteiger partial charge in [-0.1, -0.05) is 6.42 Å². The van der Waals surface area contributed by atoms with Gasteiger partial charge < -0.3 is 9.84 Å². The van der Waals surface area contributed by atoms with Crippen LogP contribution in [-0.4, -0.2) is 56.6 Å². The Morgan fingerprint density at radius 1 is 1.33 bits per heavy atom. The van der Waals surface area contributed by atoms with Gasteiger partial charge >= 0.3 is 5.97 Å². The van der Waals surface area contributed by atoms with E-state index in [1.807, 2.05) is 0 Å². The highest BCUT2D eigenvalue weighted by Gasteiger charge is 2.45. The molecule has 2 rings (SSSR count). The van der Waals surface area contributed by atoms with Crippen LogP contribution in [0.15, 0.2) is 0 Å². The number of carbonyl (C=O) groups is 1. The third-order valence-electron chi connectivity index (χ3n) is 3.67. The third kappa shape index (κ3) is 2.66. The molecule has 0 amide bonds. The predicted octanol–water partition coefficient (Wildman–Crippen LogP) is -0.592. The third-order valence-corrected chi connectivity index (χ3v) is 5.22. The highest BCUT2D eigenvalue weighted by atomic mass is 32.2. The van der Waals surface area contributed by atoms with Crippen LogP contribution in [-0.2, 0) is 19.7 Å². The van der Waals surface area contributed by atoms with E-state index in [1.54, 1.807) is 0 Å². The van der Waals surface area contributed by atoms with E-state index < -0.39 is 21.6 Å². The van der Waals surface area contributed by atoms with Gasteiger partial charge in [0.05, 0.1) is 18.6 Å². The predicted molar refractivity (Wildman–Crippen MR) is 63.2 cm³/mol. The topological polar surface area (TPSA) is 95.9 Å². The van der Waals surface area contributed by atoms with Gasteiger partial charge in [0.15, 0.2) is 0 Å². The summed E-state index contributed by atoms with van der Waals surface area (Å²) < 4.78 is 32.7. The summed E-state index contributed by atoms with van der Waals surface area (Å²) in [6, 6.07) is 0. The molecule has 0 atom stereocenters. The van der Waals surface area contributed by atoms with E-state index in [4.69, 9.17) is 9.84 Å². The lowest BCUT2D eigenvalue weighted by atomic mass is 9.69. The summed E-state index contributed by atoms with van der Waals surface area (Å²) in [5.74, 6) is -0.918. The zero-order chi connectivity index (χ0) is 13.2. The molecule has 0 spiro atoms. The Kier molecular flexibility index (Phi) is 3.90. The first-order chi connectivity index (χ1) is 8.46. The number of nitrogens with zero attached hydrogens (tertiary/aromatic N) is 1. The highest BCUT2D eigenvalue weighted by molar-refractivity contribution is 7.87. The molecular formula is C10H18N2O5S. The Labute approximate surface area is 106 Å². The SMILES string of the molecule is O=C(O)C1(CNS(=O)(=O)N2CCOCC2)CCC1. The van der Waals surface area contributed by atoms with Gasteiger partial charge in [-0.15, -0.1) is 0 Å². The highest BCUT2D eigenvalue weighted by Crippen LogP contribution is 2.40. The molecule has 1 aliphatic carbocycles. The van der Waals surface area contributed by atoms with Gasteiger partial charge in [-0.25, -0.2) is 4.72 Å². The number of hydrogen-bond donors (Lipinski definition) is 2. The molecule has 0 radical (unpaired) electrons. The molecule has 2 N–H and O–H groups in total. The summed E-state index contributed by atoms with van der Waals surface area (Å²) in [5.41, 5.74) is -0.903. The molecule has 0 unspecified atom stereocenters. The maximum Gasteiger partial charge on any atom is 0.310 e. The van der Waals surface area contributed by atoms with Crippen LogP contribution in [0.2, 0.25) is 0 Å². The molecule has 0 bridgehead atoms. The number of carboxylic acids is 1. The van der Waals surface area contributed by atoms with Crippen molar-refractivity contribution in [1.82, 2.24) is 9.03 Å². The maximum absolute atomic E-state index is 12.0. The van der Waals surface area contributed by atoms with Crippen LogP contribution in [0.1, 0.15) is 19.3 Å². The molecule has 18 heavy (non-hydrogen) atoms. The molecule has 0 aromatic rings. The minimum absolute atomic E-state index is 0.0258. The summed E-state index contributed by atoms with van der Waals surface area (Å²) in [4.78, 5) is 11.1. The Balaban J connectivity index is 1.94. The second-order valence-corrected chi connectivity index (χ2v) is 6.53. The maximum atomic E-state index is 12.0. The molecule has 2 aliphatic rings. The molecule has 0 aromatic heterocycles. The normalized spacial score (nSPS) is 24.4. The van der Waals surface area contributed by atoms with Crippen LogP contribution in [0.25, 0.3) is 0 Å². The quantitative estimate of drug-likeness (QED) is 0.700. The fraction of sp³-hybridized carbons (Fsp3) is 0.900. The number of carboxylic acid groups (broad SMARTS) is 1. The lowest BCUT2D eigenvalue weighted by Gasteiger charge is -2.38. The van der Waals surface area contributed by atoms with Gasteiger partial charge in [-0.3, -0.25) is 4.79 Å². The van der Waals surface area contributed by atoms with E-state index in [-0.39, 0.29) is 6.54 Å². The lowest BCUT2D eigenvalue weighted by molar-refractivity contribution is -0.153. The van der Waals surface area contributed by atoms with Crippen molar-refractivity contribution in [3.63, 3.8) is 0 Å². The molecule has 1 aliphatic heterocycles. The summed E-state index contributed by atoms with van der Waals surface area (Å²) in [6.07, 6.45) is 1.91. The van der Waals surface area contributed by atoms with Crippen molar-refractivity contribution in [1.29, 1.82) is 0 Å². The van der Waals surface area contributed by atoms with Gasteiger partial charge in [0.1, 0.15) is 0 Å². The van der Waals surface area contributed by atoms with Crippen molar-refractivity contribution in [3.05, 3.63) is 0 Å². The van der Waals surface area contributed by atoms with Crippen molar-refractivity contribution in [2.75, 3.05) is 32.8 Å². The standard InChI is InChI=1S/C10H18N2O5S/c13-9(14)10(2-1-3-10)8-11-18(15,16)12-4-6-17-7-5-12/h11H,1-8H2,(H,13,14). The largest absolute Gasteiger partial charge is 0.481 e. The van der Waals surface area contributed by atoms with Crippen LogP contribution in [0.5, 0.6) is 0 Å². The van der Waals surface area contributed by atoms with Crippen molar-refractivity contribution in [2.45, 2.75) is 19.3 Å². The average molecular weight is 278 g/mol. The van der Waals surface area contributed by atoms with Crippen LogP contribution in [0, 0.1) is 5.41 Å². The van der Waals surface area contributed by atoms with E-state index in [2.05, 4.69) is 4.72 Å². The van der Waals surface area contributed by atoms with Gasteiger partial charge in [0.2, 0.25) is 0 Å². The van der Waals surface area contributed by atoms with E-state index in [1.165, 1.54) is 4.31 Å². The van der Waals surface area contributed by atoms with E-state index >= 15 is 0 Å². The zero-order valence-corrected chi connectivity index (χ0v) is 10.9. The summed E-state index contributed by atoms with van der Waals surface area (Å²) >= 11 is 0. The zero-order valence-electron chi connectivity index (χ0n) is 10.1. The van der Waals surface area contributed by atoms with Crippen LogP contribution in [0.3, 0.4) is 0 Å². The number of aliphatic carboxylic acids is 1. The number of nitrogens with one attached hydrogen (secondary N) is 1. The molecule has 1 heterocycles. The molecule has 7 nitrogen and oxygen atoms in total. The number of hydrogen-bond acceptors (Lipinski definition) is 4. The average Bonchev–Trinajstić information content (AvgIpc) is 2.28. The molecule has 2 fully saturated rings. The fourth-order valence-electron chi connectivity index (χ4n) is 2.18. The summed E-state index contributed by atoms with van der Waals surface area (Å²) in [6.45, 7) is 1.36. The number of morpholine rings is 1. The van der Waals surface area contributed by atoms with Crippen molar-refractivity contribution in [2.24, 2.45) is 5.41 Å². The van der Waals surface area contributed by atoms with Crippen molar-refractivity contribution in [3.8, 4) is 0 Å². The van der Waals surface area contributed by atoms with Gasteiger partial charge in [-0.2, -0.15) is 12.7 Å². The smallest absolute Gasteiger partial charge is 0.310 e. The van der Waals surface area contributed by atoms with Crippen molar-refractivity contribution >= 4 is 16.2 Å². The Bertz CT molecular complexity index is 412. The first-order valence-electron chi connectivity index (χ1n) is 6.02. The lowest BCUT2D eigenvalue weighted by Crippen LogP contribution is -2.52. The van der Waals surface area contributed by atoms with E-state index in [0.717, 1.165) is 6.42 Å². The molecule has 8 heteroatoms. The van der Waals surface area contributed by atoms with Gasteiger partial charge in [-0.05, 0) is 12.8 Å². The fourth-order valence-corrected chi connectivity index (χ4v) is 3.45. The van der Waals surface area contributed by atoms with E-state index in [9.17, 15) is 13.2 Å². The van der Waals surface area contributed by atoms with Gasteiger partial charge in [0, 0.05) is 19.6 Å². The van der Waals surface area contributed by atoms with Gasteiger partial charge in [0.25, 0.3) is 10.2 Å². The molecular weight excluding hydrogens is 260 g/mol. The Morgan fingerprint density at radius 3 is 2.39 bits per heavy atom. The Morgan fingerprint density at radius 2 is 1.94 bits per heavy atom. The first-order valence-corrected chi connectivity index (χ1v) is 7.46. The molecule has 1 saturated heterocycles. The number of rotatable bonds is 5. The first kappa shape index (κ1) is 13.7. The second kappa shape index (κ2) is 5.12. The molecule has 1 saturated carbocycles. The summed E-state index contributed by atoms with van der Waals surface area (Å²) in [7, 11) is -3.59. The summed E-state index contributed by atoms with van der Waals surface area (Å²) in [5, 5.41) is 9.12. The van der Waals surface area contributed by atoms with Crippen LogP contribution in [0.4, 0.5) is 0 Å². The molecule has 0 aromatic carbocycles. The molecule has 104 valence electrons. The van der Waals surface area contributed by atoms with E-state index in [0.29, 0.717) is 39.1 Å². The second-order valence-electron chi connectivity index (χ2n) is 4.78. The monoisotopic (exact) mass is 278 g/mol. The van der Waals surface area contributed by atoms with Crippen LogP contribution < -0.4 is 4.72 Å². The number of ether oxygens (including phenoxy) is 1.